The van der Waals surface area contributed by atoms with Gasteiger partial charge in [-0.1, -0.05) is 54.6 Å². The molecule has 0 spiro atoms. The molecule has 2 N–H and O–H groups in total. The van der Waals surface area contributed by atoms with Crippen molar-refractivity contribution in [3.63, 3.8) is 0 Å². The second-order valence-corrected chi connectivity index (χ2v) is 7.18. The topological polar surface area (TPSA) is 87.5 Å². The lowest BCUT2D eigenvalue weighted by Crippen LogP contribution is -2.30. The van der Waals surface area contributed by atoms with Crippen molar-refractivity contribution in [2.45, 2.75) is 19.2 Å². The molecular formula is C22H22N4O3. The van der Waals surface area contributed by atoms with Gasteiger partial charge in [-0.25, -0.2) is 0 Å². The zero-order chi connectivity index (χ0) is 20.4. The number of carbonyl (C=O) groups is 2. The molecule has 2 heterocycles. The van der Waals surface area contributed by atoms with Crippen LogP contribution in [0.15, 0.2) is 60.7 Å². The van der Waals surface area contributed by atoms with Crippen molar-refractivity contribution in [2.75, 3.05) is 13.6 Å². The van der Waals surface area contributed by atoms with Gasteiger partial charge in [0.25, 0.3) is 11.8 Å². The van der Waals surface area contributed by atoms with E-state index in [9.17, 15) is 14.7 Å². The highest BCUT2D eigenvalue weighted by molar-refractivity contribution is 5.98. The number of rotatable bonds is 4. The van der Waals surface area contributed by atoms with Crippen LogP contribution >= 0.6 is 0 Å². The summed E-state index contributed by atoms with van der Waals surface area (Å²) in [6, 6.07) is 19.6. The van der Waals surface area contributed by atoms with Gasteiger partial charge >= 0.3 is 0 Å². The van der Waals surface area contributed by atoms with Gasteiger partial charge in [-0.05, 0) is 16.7 Å². The Morgan fingerprint density at radius 1 is 1.17 bits per heavy atom. The minimum absolute atomic E-state index is 0.171. The summed E-state index contributed by atoms with van der Waals surface area (Å²) in [5, 5.41) is 16.7. The quantitative estimate of drug-likeness (QED) is 0.713. The fourth-order valence-corrected chi connectivity index (χ4v) is 3.38. The number of hydrogen-bond donors (Lipinski definition) is 2. The highest BCUT2D eigenvalue weighted by atomic mass is 16.3. The first kappa shape index (κ1) is 18.9. The Hall–Kier alpha value is -3.45. The van der Waals surface area contributed by atoms with Crippen LogP contribution in [0, 0.1) is 0 Å². The fraction of sp³-hybridized carbons (Fsp3) is 0.227. The van der Waals surface area contributed by atoms with Gasteiger partial charge in [-0.3, -0.25) is 14.3 Å². The Bertz CT molecular complexity index is 1030. The number of nitrogens with one attached hydrogen (secondary N) is 1. The standard InChI is InChI=1S/C22H22N4O3/c1-25(13-15-7-9-17(10-8-15)16-5-3-2-4-6-16)22(29)19-11-20-21(28)23-12-18(27)14-26(20)24-19/h2-11,18,27H,12-14H2,1H3,(H,23,28)/t18-/m1/s1. The van der Waals surface area contributed by atoms with Gasteiger partial charge in [0.05, 0.1) is 12.6 Å². The highest BCUT2D eigenvalue weighted by Gasteiger charge is 2.25. The normalized spacial score (nSPS) is 15.9. The molecule has 1 aliphatic heterocycles. The summed E-state index contributed by atoms with van der Waals surface area (Å²) in [5.41, 5.74) is 3.72. The van der Waals surface area contributed by atoms with Gasteiger partial charge in [-0.2, -0.15) is 5.10 Å². The molecule has 4 rings (SSSR count). The smallest absolute Gasteiger partial charge is 0.274 e. The third-order valence-electron chi connectivity index (χ3n) is 4.94. The molecule has 148 valence electrons. The third kappa shape index (κ3) is 4.05. The lowest BCUT2D eigenvalue weighted by Gasteiger charge is -2.16. The van der Waals surface area contributed by atoms with E-state index in [2.05, 4.69) is 22.5 Å². The van der Waals surface area contributed by atoms with E-state index in [0.29, 0.717) is 6.54 Å². The van der Waals surface area contributed by atoms with E-state index in [4.69, 9.17) is 0 Å². The van der Waals surface area contributed by atoms with Crippen LogP contribution in [-0.4, -0.2) is 51.3 Å². The molecule has 0 radical (unpaired) electrons. The molecule has 1 aromatic heterocycles. The van der Waals surface area contributed by atoms with Gasteiger partial charge in [0.1, 0.15) is 5.69 Å². The van der Waals surface area contributed by atoms with Crippen molar-refractivity contribution in [1.82, 2.24) is 20.0 Å². The van der Waals surface area contributed by atoms with E-state index in [-0.39, 0.29) is 36.3 Å². The van der Waals surface area contributed by atoms with E-state index in [1.807, 2.05) is 42.5 Å². The Labute approximate surface area is 168 Å². The lowest BCUT2D eigenvalue weighted by molar-refractivity contribution is 0.0777. The molecular weight excluding hydrogens is 368 g/mol. The summed E-state index contributed by atoms with van der Waals surface area (Å²) in [6.07, 6.45) is -0.732. The second-order valence-electron chi connectivity index (χ2n) is 7.18. The maximum atomic E-state index is 12.8. The minimum atomic E-state index is -0.732. The number of amides is 2. The average molecular weight is 390 g/mol. The monoisotopic (exact) mass is 390 g/mol. The van der Waals surface area contributed by atoms with Crippen LogP contribution in [0.2, 0.25) is 0 Å². The molecule has 0 saturated carbocycles. The Balaban J connectivity index is 1.47. The summed E-state index contributed by atoms with van der Waals surface area (Å²) in [4.78, 5) is 26.4. The molecule has 2 amide bonds. The largest absolute Gasteiger partial charge is 0.389 e. The van der Waals surface area contributed by atoms with Gasteiger partial charge in [0.15, 0.2) is 5.69 Å². The van der Waals surface area contributed by atoms with Crippen molar-refractivity contribution in [2.24, 2.45) is 0 Å². The third-order valence-corrected chi connectivity index (χ3v) is 4.94. The van der Waals surface area contributed by atoms with E-state index in [1.54, 1.807) is 11.9 Å². The summed E-state index contributed by atoms with van der Waals surface area (Å²) >= 11 is 0. The van der Waals surface area contributed by atoms with Crippen LogP contribution in [0.5, 0.6) is 0 Å². The molecule has 1 atom stereocenters. The second kappa shape index (κ2) is 7.89. The SMILES string of the molecule is CN(Cc1ccc(-c2ccccc2)cc1)C(=O)c1cc2n(n1)C[C@H](O)CNC2=O. The van der Waals surface area contributed by atoms with E-state index < -0.39 is 6.10 Å². The number of hydrogen-bond acceptors (Lipinski definition) is 4. The zero-order valence-corrected chi connectivity index (χ0v) is 16.1. The Kier molecular flexibility index (Phi) is 5.14. The van der Waals surface area contributed by atoms with Crippen LogP contribution in [0.1, 0.15) is 26.5 Å². The summed E-state index contributed by atoms with van der Waals surface area (Å²) in [6.45, 7) is 0.765. The number of aromatic nitrogens is 2. The first-order valence-electron chi connectivity index (χ1n) is 9.45. The zero-order valence-electron chi connectivity index (χ0n) is 16.1. The van der Waals surface area contributed by atoms with Crippen molar-refractivity contribution in [3.05, 3.63) is 77.6 Å². The van der Waals surface area contributed by atoms with Crippen molar-refractivity contribution < 1.29 is 14.7 Å². The van der Waals surface area contributed by atoms with Crippen LogP contribution in [0.3, 0.4) is 0 Å². The number of fused-ring (bicyclic) bond motifs is 1. The van der Waals surface area contributed by atoms with E-state index in [0.717, 1.165) is 16.7 Å². The Morgan fingerprint density at radius 2 is 1.86 bits per heavy atom. The average Bonchev–Trinajstić information content (AvgIpc) is 3.10. The molecule has 0 bridgehead atoms. The van der Waals surface area contributed by atoms with Crippen molar-refractivity contribution in [3.8, 4) is 11.1 Å². The van der Waals surface area contributed by atoms with Crippen LogP contribution < -0.4 is 5.32 Å². The van der Waals surface area contributed by atoms with Gasteiger partial charge in [0, 0.05) is 26.2 Å². The van der Waals surface area contributed by atoms with E-state index in [1.165, 1.54) is 10.7 Å². The molecule has 0 fully saturated rings. The summed E-state index contributed by atoms with van der Waals surface area (Å²) in [5.74, 6) is -0.618. The molecule has 7 heteroatoms. The first-order valence-corrected chi connectivity index (χ1v) is 9.45. The minimum Gasteiger partial charge on any atom is -0.389 e. The number of β-amino-alcohol motifs (C(OH)–C–C–N with tert-alkyl or cyclic N) is 1. The van der Waals surface area contributed by atoms with Crippen LogP contribution in [0.4, 0.5) is 0 Å². The van der Waals surface area contributed by atoms with Gasteiger partial charge in [0.2, 0.25) is 0 Å². The lowest BCUT2D eigenvalue weighted by atomic mass is 10.0. The molecule has 29 heavy (non-hydrogen) atoms. The van der Waals surface area contributed by atoms with E-state index >= 15 is 0 Å². The number of benzene rings is 2. The van der Waals surface area contributed by atoms with Crippen LogP contribution in [0.25, 0.3) is 11.1 Å². The van der Waals surface area contributed by atoms with Crippen molar-refractivity contribution >= 4 is 11.8 Å². The molecule has 0 saturated heterocycles. The molecule has 3 aromatic rings. The van der Waals surface area contributed by atoms with Gasteiger partial charge < -0.3 is 15.3 Å². The number of carbonyl (C=O) groups excluding carboxylic acids is 2. The predicted octanol–water partition coefficient (Wildman–Crippen LogP) is 1.93. The molecule has 2 aromatic carbocycles. The summed E-state index contributed by atoms with van der Waals surface area (Å²) in [7, 11) is 1.70. The molecule has 0 aliphatic carbocycles. The molecule has 1 aliphatic rings. The number of aliphatic hydroxyl groups excluding tert-OH is 1. The maximum Gasteiger partial charge on any atom is 0.274 e. The fourth-order valence-electron chi connectivity index (χ4n) is 3.38. The number of nitrogens with zero attached hydrogens (tertiary/aromatic N) is 3. The number of aliphatic hydroxyl groups is 1. The maximum absolute atomic E-state index is 12.8. The predicted molar refractivity (Wildman–Crippen MR) is 108 cm³/mol. The first-order chi connectivity index (χ1) is 14.0. The highest BCUT2D eigenvalue weighted by Crippen LogP contribution is 2.20. The van der Waals surface area contributed by atoms with Crippen molar-refractivity contribution in [1.29, 1.82) is 0 Å². The van der Waals surface area contributed by atoms with Gasteiger partial charge in [-0.15, -0.1) is 0 Å². The molecule has 0 unspecified atom stereocenters. The summed E-state index contributed by atoms with van der Waals surface area (Å²) < 4.78 is 1.39. The molecule has 7 nitrogen and oxygen atoms in total. The Morgan fingerprint density at radius 3 is 2.59 bits per heavy atom. The van der Waals surface area contributed by atoms with Crippen LogP contribution in [-0.2, 0) is 13.1 Å².